The lowest BCUT2D eigenvalue weighted by molar-refractivity contribution is -0.292. The van der Waals surface area contributed by atoms with Crippen LogP contribution in [0.15, 0.2) is 0 Å². The largest absolute Gasteiger partial charge is 0.395 e. The van der Waals surface area contributed by atoms with E-state index in [1.807, 2.05) is 5.48 Å². The first kappa shape index (κ1) is 5.84. The lowest BCUT2D eigenvalue weighted by Gasteiger charge is -1.89. The van der Waals surface area contributed by atoms with Gasteiger partial charge in [-0.1, -0.05) is 0 Å². The second-order valence-electron chi connectivity index (χ2n) is 0.709. The first-order valence-corrected chi connectivity index (χ1v) is 1.56. The van der Waals surface area contributed by atoms with Crippen LogP contribution in [0.25, 0.3) is 0 Å². The van der Waals surface area contributed by atoms with Crippen molar-refractivity contribution in [3.63, 3.8) is 0 Å². The molecule has 0 spiro atoms. The Kier molecular flexibility index (Phi) is 4.71. The van der Waals surface area contributed by atoms with E-state index < -0.39 is 0 Å². The Morgan fingerprint density at radius 1 is 1.67 bits per heavy atom. The zero-order chi connectivity index (χ0) is 4.83. The third kappa shape index (κ3) is 3.84. The molecule has 0 radical (unpaired) electrons. The second-order valence-corrected chi connectivity index (χ2v) is 0.709. The number of nitrogens with one attached hydrogen (secondary N) is 1. The standard InChI is InChI=1S/C2H7NO3/c4-2-1-3-6-5/h3-5H,1-2H2. The van der Waals surface area contributed by atoms with Crippen LogP contribution in [0.2, 0.25) is 0 Å². The van der Waals surface area contributed by atoms with Gasteiger partial charge >= 0.3 is 0 Å². The second kappa shape index (κ2) is 4.84. The summed E-state index contributed by atoms with van der Waals surface area (Å²) in [6, 6.07) is 0. The highest BCUT2D eigenvalue weighted by atomic mass is 17.2. The van der Waals surface area contributed by atoms with Gasteiger partial charge in [-0.2, -0.15) is 5.48 Å². The fraction of sp³-hybridized carbons (Fsp3) is 1.00. The van der Waals surface area contributed by atoms with Crippen LogP contribution in [0.5, 0.6) is 0 Å². The van der Waals surface area contributed by atoms with Gasteiger partial charge in [-0.05, 0) is 0 Å². The molecule has 3 N–H and O–H groups in total. The van der Waals surface area contributed by atoms with Gasteiger partial charge in [0.1, 0.15) is 0 Å². The van der Waals surface area contributed by atoms with Crippen molar-refractivity contribution in [2.75, 3.05) is 13.2 Å². The molecule has 0 saturated carbocycles. The molecule has 6 heavy (non-hydrogen) atoms. The zero-order valence-electron chi connectivity index (χ0n) is 3.22. The minimum absolute atomic E-state index is 0.0411. The molecular formula is C2H7NO3. The maximum atomic E-state index is 7.94. The number of aliphatic hydroxyl groups excluding tert-OH is 1. The van der Waals surface area contributed by atoms with Crippen molar-refractivity contribution in [2.45, 2.75) is 0 Å². The van der Waals surface area contributed by atoms with Crippen molar-refractivity contribution in [3.05, 3.63) is 0 Å². The van der Waals surface area contributed by atoms with Crippen LogP contribution in [-0.2, 0) is 4.99 Å². The predicted octanol–water partition coefficient (Wildman–Crippen LogP) is -1.03. The third-order valence-electron chi connectivity index (χ3n) is 0.278. The van der Waals surface area contributed by atoms with Gasteiger partial charge in [0, 0.05) is 6.54 Å². The molecule has 0 aromatic rings. The molecule has 4 heteroatoms. The number of rotatable bonds is 3. The molecule has 0 fully saturated rings. The molecule has 0 amide bonds. The van der Waals surface area contributed by atoms with E-state index in [9.17, 15) is 0 Å². The highest BCUT2D eigenvalue weighted by molar-refractivity contribution is 4.21. The summed E-state index contributed by atoms with van der Waals surface area (Å²) in [6.07, 6.45) is 0. The summed E-state index contributed by atoms with van der Waals surface area (Å²) in [4.78, 5) is 3.37. The van der Waals surface area contributed by atoms with E-state index in [0.717, 1.165) is 0 Å². The maximum Gasteiger partial charge on any atom is 0.0580 e. The van der Waals surface area contributed by atoms with Crippen molar-refractivity contribution < 1.29 is 15.4 Å². The number of hydrogen-bond acceptors (Lipinski definition) is 4. The monoisotopic (exact) mass is 93.0 g/mol. The van der Waals surface area contributed by atoms with Gasteiger partial charge in [-0.15, -0.1) is 4.99 Å². The first-order valence-electron chi connectivity index (χ1n) is 1.56. The highest BCUT2D eigenvalue weighted by Crippen LogP contribution is 1.50. The Morgan fingerprint density at radius 2 is 2.33 bits per heavy atom. The Morgan fingerprint density at radius 3 is 2.50 bits per heavy atom. The lowest BCUT2D eigenvalue weighted by Crippen LogP contribution is -2.16. The average Bonchev–Trinajstić information content (AvgIpc) is 1.61. The first-order chi connectivity index (χ1) is 2.91. The van der Waals surface area contributed by atoms with Crippen molar-refractivity contribution in [1.82, 2.24) is 5.48 Å². The van der Waals surface area contributed by atoms with Gasteiger partial charge in [-0.25, -0.2) is 5.26 Å². The molecule has 4 nitrogen and oxygen atoms in total. The molecule has 0 atom stereocenters. The van der Waals surface area contributed by atoms with Gasteiger partial charge in [-0.3, -0.25) is 0 Å². The Bertz CT molecular complexity index is 20.8. The van der Waals surface area contributed by atoms with Crippen molar-refractivity contribution in [3.8, 4) is 0 Å². The normalized spacial score (nSPS) is 9.00. The molecule has 0 rings (SSSR count). The minimum Gasteiger partial charge on any atom is -0.395 e. The molecule has 0 unspecified atom stereocenters. The molecule has 0 aromatic carbocycles. The van der Waals surface area contributed by atoms with Crippen LogP contribution in [0.1, 0.15) is 0 Å². The van der Waals surface area contributed by atoms with Crippen LogP contribution >= 0.6 is 0 Å². The fourth-order valence-corrected chi connectivity index (χ4v) is 0.0913. The number of aliphatic hydroxyl groups is 1. The summed E-state index contributed by atoms with van der Waals surface area (Å²) in [6.45, 7) is 0.205. The minimum atomic E-state index is -0.0411. The topological polar surface area (TPSA) is 61.7 Å². The third-order valence-corrected chi connectivity index (χ3v) is 0.278. The summed E-state index contributed by atoms with van der Waals surface area (Å²) in [5.41, 5.74) is 2.00. The van der Waals surface area contributed by atoms with E-state index in [2.05, 4.69) is 4.99 Å². The molecule has 38 valence electrons. The summed E-state index contributed by atoms with van der Waals surface area (Å²) >= 11 is 0. The van der Waals surface area contributed by atoms with Gasteiger partial charge in [0.15, 0.2) is 0 Å². The van der Waals surface area contributed by atoms with Crippen LogP contribution in [0, 0.1) is 0 Å². The zero-order valence-corrected chi connectivity index (χ0v) is 3.22. The molecular weight excluding hydrogens is 86.0 g/mol. The Hall–Kier alpha value is -0.160. The van der Waals surface area contributed by atoms with Gasteiger partial charge < -0.3 is 5.11 Å². The van der Waals surface area contributed by atoms with Gasteiger partial charge in [0.2, 0.25) is 0 Å². The predicted molar refractivity (Wildman–Crippen MR) is 18.8 cm³/mol. The average molecular weight is 93.1 g/mol. The molecule has 0 aliphatic carbocycles. The van der Waals surface area contributed by atoms with E-state index in [4.69, 9.17) is 10.4 Å². The smallest absolute Gasteiger partial charge is 0.0580 e. The SMILES string of the molecule is OCCNOO. The number of hydroxylamine groups is 1. The highest BCUT2D eigenvalue weighted by Gasteiger charge is 1.73. The van der Waals surface area contributed by atoms with E-state index in [-0.39, 0.29) is 13.2 Å². The van der Waals surface area contributed by atoms with Crippen molar-refractivity contribution in [2.24, 2.45) is 0 Å². The van der Waals surface area contributed by atoms with Crippen LogP contribution in [0.3, 0.4) is 0 Å². The molecule has 0 aliphatic rings. The van der Waals surface area contributed by atoms with E-state index in [1.54, 1.807) is 0 Å². The molecule has 0 heterocycles. The van der Waals surface area contributed by atoms with Gasteiger partial charge in [0.05, 0.1) is 6.61 Å². The van der Waals surface area contributed by atoms with E-state index in [1.165, 1.54) is 0 Å². The summed E-state index contributed by atoms with van der Waals surface area (Å²) in [5.74, 6) is 0. The molecule has 0 aromatic heterocycles. The van der Waals surface area contributed by atoms with Gasteiger partial charge in [0.25, 0.3) is 0 Å². The Balaban J connectivity index is 2.34. The van der Waals surface area contributed by atoms with Crippen molar-refractivity contribution >= 4 is 0 Å². The van der Waals surface area contributed by atoms with E-state index >= 15 is 0 Å². The Labute approximate surface area is 35.2 Å². The molecule has 0 aliphatic heterocycles. The van der Waals surface area contributed by atoms with Crippen LogP contribution < -0.4 is 5.48 Å². The maximum absolute atomic E-state index is 7.94. The van der Waals surface area contributed by atoms with Crippen molar-refractivity contribution in [1.29, 1.82) is 0 Å². The summed E-state index contributed by atoms with van der Waals surface area (Å²) in [5, 5.41) is 15.4. The van der Waals surface area contributed by atoms with E-state index in [0.29, 0.717) is 0 Å². The number of hydrogen-bond donors (Lipinski definition) is 3. The quantitative estimate of drug-likeness (QED) is 0.237. The van der Waals surface area contributed by atoms with Crippen LogP contribution in [0.4, 0.5) is 0 Å². The summed E-state index contributed by atoms with van der Waals surface area (Å²) < 4.78 is 0. The fourth-order valence-electron chi connectivity index (χ4n) is 0.0913. The molecule has 0 saturated heterocycles. The van der Waals surface area contributed by atoms with Crippen LogP contribution in [-0.4, -0.2) is 23.5 Å². The molecule has 0 bridgehead atoms. The lowest BCUT2D eigenvalue weighted by atomic mass is 10.8. The summed E-state index contributed by atoms with van der Waals surface area (Å²) in [7, 11) is 0.